The van der Waals surface area contributed by atoms with E-state index in [1.165, 1.54) is 5.39 Å². The second-order valence-electron chi connectivity index (χ2n) is 3.78. The molecule has 0 bridgehead atoms. The lowest BCUT2D eigenvalue weighted by Gasteiger charge is -2.10. The van der Waals surface area contributed by atoms with Crippen molar-refractivity contribution < 1.29 is 4.74 Å². The molecule has 0 spiro atoms. The van der Waals surface area contributed by atoms with Gasteiger partial charge >= 0.3 is 0 Å². The number of fused-ring (bicyclic) bond motifs is 1. The molecule has 3 nitrogen and oxygen atoms in total. The van der Waals surface area contributed by atoms with E-state index in [-0.39, 0.29) is 0 Å². The summed E-state index contributed by atoms with van der Waals surface area (Å²) in [6.07, 6.45) is 3.58. The second-order valence-corrected chi connectivity index (χ2v) is 3.78. The molecule has 17 heavy (non-hydrogen) atoms. The molecule has 0 aromatic heterocycles. The van der Waals surface area contributed by atoms with Crippen LogP contribution in [0.25, 0.3) is 10.8 Å². The zero-order valence-electron chi connectivity index (χ0n) is 9.42. The fraction of sp³-hybridized carbons (Fsp3) is 0.0714. The molecule has 3 heteroatoms. The van der Waals surface area contributed by atoms with Crippen molar-refractivity contribution in [3.8, 4) is 5.75 Å². The van der Waals surface area contributed by atoms with Crippen molar-refractivity contribution in [3.05, 3.63) is 54.2 Å². The summed E-state index contributed by atoms with van der Waals surface area (Å²) in [5.41, 5.74) is 5.72. The zero-order valence-corrected chi connectivity index (χ0v) is 9.42. The Labute approximate surface area is 99.4 Å². The number of nitrogens with zero attached hydrogens (tertiary/aromatic N) is 2. The van der Waals surface area contributed by atoms with Gasteiger partial charge in [-0.2, -0.15) is 10.5 Å². The zero-order chi connectivity index (χ0) is 11.7. The highest BCUT2D eigenvalue weighted by molar-refractivity contribution is 6.18. The van der Waals surface area contributed by atoms with Crippen LogP contribution in [0.2, 0.25) is 0 Å². The van der Waals surface area contributed by atoms with Crippen molar-refractivity contribution in [1.82, 2.24) is 5.43 Å². The van der Waals surface area contributed by atoms with Crippen molar-refractivity contribution in [2.75, 3.05) is 7.11 Å². The van der Waals surface area contributed by atoms with Crippen molar-refractivity contribution in [1.29, 1.82) is 0 Å². The van der Waals surface area contributed by atoms with E-state index in [4.69, 9.17) is 4.74 Å². The van der Waals surface area contributed by atoms with Gasteiger partial charge in [0.05, 0.1) is 24.6 Å². The molecular weight excluding hydrogens is 212 g/mol. The lowest BCUT2D eigenvalue weighted by Crippen LogP contribution is -2.00. The topological polar surface area (TPSA) is 35.7 Å². The van der Waals surface area contributed by atoms with E-state index in [1.54, 1.807) is 13.3 Å². The third-order valence-electron chi connectivity index (χ3n) is 2.83. The number of allylic oxidation sites excluding steroid dienone is 1. The molecule has 0 atom stereocenters. The van der Waals surface area contributed by atoms with Gasteiger partial charge in [0.2, 0.25) is 0 Å². The fourth-order valence-corrected chi connectivity index (χ4v) is 2.05. The van der Waals surface area contributed by atoms with E-state index in [1.807, 2.05) is 30.3 Å². The molecule has 1 aliphatic rings. The molecule has 0 N–H and O–H groups in total. The highest BCUT2D eigenvalue weighted by atomic mass is 16.5. The molecular formula is C14H11N2O. The van der Waals surface area contributed by atoms with Gasteiger partial charge in [-0.25, -0.2) is 0 Å². The van der Waals surface area contributed by atoms with Gasteiger partial charge in [-0.1, -0.05) is 30.3 Å². The lowest BCUT2D eigenvalue weighted by atomic mass is 10.00. The molecule has 0 amide bonds. The van der Waals surface area contributed by atoms with Crippen LogP contribution >= 0.6 is 0 Å². The molecule has 2 aromatic rings. The normalized spacial score (nSPS) is 13.6. The Kier molecular flexibility index (Phi) is 2.29. The number of benzene rings is 2. The summed E-state index contributed by atoms with van der Waals surface area (Å²) in [6, 6.07) is 12.2. The monoisotopic (exact) mass is 223 g/mol. The highest BCUT2D eigenvalue weighted by Gasteiger charge is 2.14. The third-order valence-corrected chi connectivity index (χ3v) is 2.83. The molecule has 0 saturated carbocycles. The summed E-state index contributed by atoms with van der Waals surface area (Å²) >= 11 is 0. The minimum Gasteiger partial charge on any atom is -0.496 e. The molecule has 1 aliphatic heterocycles. The van der Waals surface area contributed by atoms with Gasteiger partial charge in [0, 0.05) is 0 Å². The summed E-state index contributed by atoms with van der Waals surface area (Å²) in [7, 11) is 1.67. The van der Waals surface area contributed by atoms with Crippen LogP contribution in [-0.2, 0) is 0 Å². The summed E-state index contributed by atoms with van der Waals surface area (Å²) in [5, 5.41) is 6.42. The van der Waals surface area contributed by atoms with Gasteiger partial charge in [0.1, 0.15) is 5.75 Å². The van der Waals surface area contributed by atoms with Crippen molar-refractivity contribution in [2.45, 2.75) is 0 Å². The molecule has 0 aliphatic carbocycles. The Morgan fingerprint density at radius 2 is 1.94 bits per heavy atom. The van der Waals surface area contributed by atoms with Crippen molar-refractivity contribution in [2.24, 2.45) is 5.10 Å². The van der Waals surface area contributed by atoms with Crippen LogP contribution in [0.4, 0.5) is 0 Å². The van der Waals surface area contributed by atoms with Crippen LogP contribution < -0.4 is 10.2 Å². The minimum atomic E-state index is 0.823. The maximum absolute atomic E-state index is 5.41. The average molecular weight is 223 g/mol. The number of rotatable bonds is 2. The quantitative estimate of drug-likeness (QED) is 0.771. The van der Waals surface area contributed by atoms with Gasteiger partial charge in [-0.05, 0) is 22.9 Å². The van der Waals surface area contributed by atoms with E-state index >= 15 is 0 Å². The highest BCUT2D eigenvalue weighted by Crippen LogP contribution is 2.29. The van der Waals surface area contributed by atoms with E-state index < -0.39 is 0 Å². The van der Waals surface area contributed by atoms with E-state index in [2.05, 4.69) is 22.7 Å². The fourth-order valence-electron chi connectivity index (χ4n) is 2.05. The average Bonchev–Trinajstić information content (AvgIpc) is 2.91. The SMILES string of the molecule is COc1ccc2ccccc2c1C1=N[N]C=C1. The standard InChI is InChI=1S/C14H11N2O/c1-17-13-7-6-10-4-2-3-5-11(10)14(13)12-8-9-15-16-12/h2-9H,1H3. The summed E-state index contributed by atoms with van der Waals surface area (Å²) in [5.74, 6) is 0.823. The molecule has 83 valence electrons. The first-order valence-electron chi connectivity index (χ1n) is 5.40. The summed E-state index contributed by atoms with van der Waals surface area (Å²) in [4.78, 5) is 0. The van der Waals surface area contributed by atoms with Gasteiger partial charge in [0.15, 0.2) is 0 Å². The third kappa shape index (κ3) is 1.56. The molecule has 1 radical (unpaired) electrons. The van der Waals surface area contributed by atoms with E-state index in [9.17, 15) is 0 Å². The molecule has 2 aromatic carbocycles. The Morgan fingerprint density at radius 3 is 2.71 bits per heavy atom. The smallest absolute Gasteiger partial charge is 0.128 e. The first kappa shape index (κ1) is 9.90. The van der Waals surface area contributed by atoms with Gasteiger partial charge < -0.3 is 4.74 Å². The first-order chi connectivity index (χ1) is 8.40. The molecule has 0 saturated heterocycles. The molecule has 0 fully saturated rings. The van der Waals surface area contributed by atoms with Crippen LogP contribution in [0.3, 0.4) is 0 Å². The Bertz CT molecular complexity index is 629. The minimum absolute atomic E-state index is 0.823. The van der Waals surface area contributed by atoms with Crippen molar-refractivity contribution >= 4 is 16.5 Å². The number of methoxy groups -OCH3 is 1. The Morgan fingerprint density at radius 1 is 1.06 bits per heavy atom. The summed E-state index contributed by atoms with van der Waals surface area (Å²) < 4.78 is 5.41. The first-order valence-corrected chi connectivity index (χ1v) is 5.40. The van der Waals surface area contributed by atoms with Gasteiger partial charge in [-0.15, -0.1) is 0 Å². The number of hydrogen-bond donors (Lipinski definition) is 0. The van der Waals surface area contributed by atoms with Crippen LogP contribution in [0, 0.1) is 0 Å². The number of ether oxygens (including phenoxy) is 1. The predicted octanol–water partition coefficient (Wildman–Crippen LogP) is 2.68. The molecule has 3 rings (SSSR count). The molecule has 1 heterocycles. The van der Waals surface area contributed by atoms with Crippen LogP contribution in [0.15, 0.2) is 53.8 Å². The van der Waals surface area contributed by atoms with Crippen LogP contribution in [0.1, 0.15) is 5.56 Å². The Hall–Kier alpha value is -2.29. The maximum Gasteiger partial charge on any atom is 0.128 e. The number of hydrogen-bond acceptors (Lipinski definition) is 2. The largest absolute Gasteiger partial charge is 0.496 e. The van der Waals surface area contributed by atoms with Crippen molar-refractivity contribution in [3.63, 3.8) is 0 Å². The Balaban J connectivity index is 2.35. The predicted molar refractivity (Wildman–Crippen MR) is 68.3 cm³/mol. The van der Waals surface area contributed by atoms with Gasteiger partial charge in [0.25, 0.3) is 0 Å². The van der Waals surface area contributed by atoms with Gasteiger partial charge in [-0.3, -0.25) is 0 Å². The van der Waals surface area contributed by atoms with E-state index in [0.717, 1.165) is 22.4 Å². The molecule has 0 unspecified atom stereocenters. The van der Waals surface area contributed by atoms with Crippen LogP contribution in [-0.4, -0.2) is 12.8 Å². The van der Waals surface area contributed by atoms with E-state index in [0.29, 0.717) is 0 Å². The lowest BCUT2D eigenvalue weighted by molar-refractivity contribution is 0.414. The maximum atomic E-state index is 5.41. The second kappa shape index (κ2) is 3.94. The summed E-state index contributed by atoms with van der Waals surface area (Å²) in [6.45, 7) is 0. The van der Waals surface area contributed by atoms with Crippen LogP contribution in [0.5, 0.6) is 5.75 Å².